The Balaban J connectivity index is 1.47. The topological polar surface area (TPSA) is 61.2 Å². The number of benzene rings is 1. The van der Waals surface area contributed by atoms with E-state index in [1.807, 2.05) is 12.1 Å². The molecule has 1 saturated carbocycles. The summed E-state index contributed by atoms with van der Waals surface area (Å²) in [5.74, 6) is 2.94. The number of hydrogen-bond donors (Lipinski definition) is 1. The SMILES string of the molecule is COc1ccc(C2(NCc3nnc4n3CCOCC4)CC2)cc1. The second kappa shape index (κ2) is 5.94. The molecule has 0 bridgehead atoms. The predicted molar refractivity (Wildman–Crippen MR) is 85.3 cm³/mol. The third-order valence-corrected chi connectivity index (χ3v) is 4.81. The molecule has 0 unspecified atom stereocenters. The van der Waals surface area contributed by atoms with Gasteiger partial charge in [0.2, 0.25) is 0 Å². The summed E-state index contributed by atoms with van der Waals surface area (Å²) in [5, 5.41) is 12.4. The van der Waals surface area contributed by atoms with Gasteiger partial charge >= 0.3 is 0 Å². The maximum atomic E-state index is 5.52. The molecule has 2 heterocycles. The first-order valence-electron chi connectivity index (χ1n) is 8.19. The lowest BCUT2D eigenvalue weighted by Crippen LogP contribution is -2.30. The summed E-state index contributed by atoms with van der Waals surface area (Å²) in [7, 11) is 1.70. The first-order chi connectivity index (χ1) is 11.3. The number of aromatic nitrogens is 3. The number of nitrogens with zero attached hydrogens (tertiary/aromatic N) is 3. The number of methoxy groups -OCH3 is 1. The van der Waals surface area contributed by atoms with Crippen molar-refractivity contribution >= 4 is 0 Å². The summed E-state index contributed by atoms with van der Waals surface area (Å²) >= 11 is 0. The van der Waals surface area contributed by atoms with Gasteiger partial charge in [0.25, 0.3) is 0 Å². The largest absolute Gasteiger partial charge is 0.497 e. The first kappa shape index (κ1) is 14.7. The highest BCUT2D eigenvalue weighted by Gasteiger charge is 2.44. The van der Waals surface area contributed by atoms with Crippen LogP contribution in [0.4, 0.5) is 0 Å². The Bertz CT molecular complexity index is 676. The zero-order valence-electron chi connectivity index (χ0n) is 13.4. The quantitative estimate of drug-likeness (QED) is 0.909. The minimum atomic E-state index is 0.0832. The second-order valence-electron chi connectivity index (χ2n) is 6.21. The van der Waals surface area contributed by atoms with E-state index in [4.69, 9.17) is 9.47 Å². The summed E-state index contributed by atoms with van der Waals surface area (Å²) in [4.78, 5) is 0. The highest BCUT2D eigenvalue weighted by molar-refractivity contribution is 5.35. The standard InChI is InChI=1S/C17H22N4O2/c1-22-14-4-2-13(3-5-14)17(7-8-17)18-12-16-20-19-15-6-10-23-11-9-21(15)16/h2-5,18H,6-12H2,1H3. The van der Waals surface area contributed by atoms with E-state index in [0.717, 1.165) is 63.0 Å². The van der Waals surface area contributed by atoms with Crippen LogP contribution in [0, 0.1) is 0 Å². The molecule has 1 aliphatic carbocycles. The Kier molecular flexibility index (Phi) is 3.79. The van der Waals surface area contributed by atoms with Crippen molar-refractivity contribution in [3.05, 3.63) is 41.5 Å². The van der Waals surface area contributed by atoms with Crippen LogP contribution in [0.3, 0.4) is 0 Å². The van der Waals surface area contributed by atoms with Crippen molar-refractivity contribution in [3.8, 4) is 5.75 Å². The number of rotatable bonds is 5. The van der Waals surface area contributed by atoms with E-state index in [-0.39, 0.29) is 5.54 Å². The van der Waals surface area contributed by atoms with Gasteiger partial charge in [0.05, 0.1) is 26.9 Å². The summed E-state index contributed by atoms with van der Waals surface area (Å²) in [6, 6.07) is 8.35. The maximum Gasteiger partial charge on any atom is 0.147 e. The van der Waals surface area contributed by atoms with Crippen molar-refractivity contribution in [1.29, 1.82) is 0 Å². The molecule has 1 aliphatic heterocycles. The number of ether oxygens (including phenoxy) is 2. The smallest absolute Gasteiger partial charge is 0.147 e. The molecular weight excluding hydrogens is 292 g/mol. The fraction of sp³-hybridized carbons (Fsp3) is 0.529. The van der Waals surface area contributed by atoms with Crippen LogP contribution >= 0.6 is 0 Å². The minimum absolute atomic E-state index is 0.0832. The molecule has 2 aliphatic rings. The van der Waals surface area contributed by atoms with Crippen LogP contribution in [-0.4, -0.2) is 35.1 Å². The number of fused-ring (bicyclic) bond motifs is 1. The van der Waals surface area contributed by atoms with Crippen LogP contribution in [0.5, 0.6) is 5.75 Å². The molecule has 0 spiro atoms. The van der Waals surface area contributed by atoms with Crippen molar-refractivity contribution in [1.82, 2.24) is 20.1 Å². The molecule has 23 heavy (non-hydrogen) atoms. The molecule has 0 amide bonds. The van der Waals surface area contributed by atoms with Gasteiger partial charge in [0.15, 0.2) is 0 Å². The predicted octanol–water partition coefficient (Wildman–Crippen LogP) is 1.64. The first-order valence-corrected chi connectivity index (χ1v) is 8.19. The van der Waals surface area contributed by atoms with Crippen molar-refractivity contribution in [2.24, 2.45) is 0 Å². The van der Waals surface area contributed by atoms with Gasteiger partial charge in [-0.15, -0.1) is 10.2 Å². The van der Waals surface area contributed by atoms with Crippen LogP contribution in [0.25, 0.3) is 0 Å². The van der Waals surface area contributed by atoms with Crippen LogP contribution in [0.2, 0.25) is 0 Å². The van der Waals surface area contributed by atoms with Gasteiger partial charge < -0.3 is 19.4 Å². The molecule has 0 atom stereocenters. The van der Waals surface area contributed by atoms with Gasteiger partial charge in [-0.3, -0.25) is 0 Å². The lowest BCUT2D eigenvalue weighted by atomic mass is 10.0. The molecule has 4 rings (SSSR count). The molecule has 1 fully saturated rings. The molecule has 1 aromatic heterocycles. The zero-order chi connectivity index (χ0) is 15.7. The van der Waals surface area contributed by atoms with Crippen LogP contribution in [-0.2, 0) is 29.8 Å². The second-order valence-corrected chi connectivity index (χ2v) is 6.21. The Morgan fingerprint density at radius 3 is 2.78 bits per heavy atom. The van der Waals surface area contributed by atoms with Gasteiger partial charge in [0.1, 0.15) is 17.4 Å². The average molecular weight is 314 g/mol. The van der Waals surface area contributed by atoms with Crippen molar-refractivity contribution in [2.45, 2.75) is 37.9 Å². The molecule has 1 aromatic carbocycles. The normalized spacial score (nSPS) is 19.0. The third kappa shape index (κ3) is 2.84. The molecule has 122 valence electrons. The Morgan fingerprint density at radius 1 is 1.22 bits per heavy atom. The fourth-order valence-corrected chi connectivity index (χ4v) is 3.22. The highest BCUT2D eigenvalue weighted by Crippen LogP contribution is 2.46. The van der Waals surface area contributed by atoms with E-state index < -0.39 is 0 Å². The van der Waals surface area contributed by atoms with E-state index in [0.29, 0.717) is 0 Å². The average Bonchev–Trinajstić information content (AvgIpc) is 3.35. The van der Waals surface area contributed by atoms with E-state index in [1.165, 1.54) is 5.56 Å². The number of hydrogen-bond acceptors (Lipinski definition) is 5. The third-order valence-electron chi connectivity index (χ3n) is 4.81. The molecule has 1 N–H and O–H groups in total. The molecule has 6 nitrogen and oxygen atoms in total. The van der Waals surface area contributed by atoms with Gasteiger partial charge in [-0.05, 0) is 30.5 Å². The van der Waals surface area contributed by atoms with Gasteiger partial charge in [-0.25, -0.2) is 0 Å². The zero-order valence-corrected chi connectivity index (χ0v) is 13.4. The maximum absolute atomic E-state index is 5.52. The van der Waals surface area contributed by atoms with Crippen molar-refractivity contribution < 1.29 is 9.47 Å². The van der Waals surface area contributed by atoms with E-state index >= 15 is 0 Å². The monoisotopic (exact) mass is 314 g/mol. The Labute approximate surface area is 135 Å². The van der Waals surface area contributed by atoms with Crippen LogP contribution in [0.15, 0.2) is 24.3 Å². The summed E-state index contributed by atoms with van der Waals surface area (Å²) in [6.07, 6.45) is 3.16. The van der Waals surface area contributed by atoms with Crippen LogP contribution in [0.1, 0.15) is 30.1 Å². The van der Waals surface area contributed by atoms with Gasteiger partial charge in [-0.2, -0.15) is 0 Å². The molecule has 2 aromatic rings. The van der Waals surface area contributed by atoms with Crippen molar-refractivity contribution in [3.63, 3.8) is 0 Å². The summed E-state index contributed by atoms with van der Waals surface area (Å²) in [6.45, 7) is 3.05. The fourth-order valence-electron chi connectivity index (χ4n) is 3.22. The summed E-state index contributed by atoms with van der Waals surface area (Å²) in [5.41, 5.74) is 1.40. The highest BCUT2D eigenvalue weighted by atomic mass is 16.5. The van der Waals surface area contributed by atoms with Crippen LogP contribution < -0.4 is 10.1 Å². The lowest BCUT2D eigenvalue weighted by Gasteiger charge is -2.18. The Hall–Kier alpha value is -1.92. The van der Waals surface area contributed by atoms with Gasteiger partial charge in [0, 0.05) is 18.5 Å². The lowest BCUT2D eigenvalue weighted by molar-refractivity contribution is 0.139. The van der Waals surface area contributed by atoms with Crippen molar-refractivity contribution in [2.75, 3.05) is 20.3 Å². The Morgan fingerprint density at radius 2 is 2.04 bits per heavy atom. The molecule has 0 saturated heterocycles. The van der Waals surface area contributed by atoms with E-state index in [1.54, 1.807) is 7.11 Å². The van der Waals surface area contributed by atoms with Gasteiger partial charge in [-0.1, -0.05) is 12.1 Å². The molecule has 6 heteroatoms. The number of nitrogens with one attached hydrogen (secondary N) is 1. The van der Waals surface area contributed by atoms with E-state index in [9.17, 15) is 0 Å². The molecular formula is C17H22N4O2. The summed E-state index contributed by atoms with van der Waals surface area (Å²) < 4.78 is 13.0. The van der Waals surface area contributed by atoms with E-state index in [2.05, 4.69) is 32.2 Å². The minimum Gasteiger partial charge on any atom is -0.497 e. The molecule has 0 radical (unpaired) electrons.